The SMILES string of the molecule is COc1cccc(C2(NC(=O)C3=C4C=C5CC5=C4C=C3)CCC2)c1. The number of rotatable bonds is 4. The molecular formula is C21H19NO2. The van der Waals surface area contributed by atoms with Crippen LogP contribution in [0.4, 0.5) is 0 Å². The van der Waals surface area contributed by atoms with E-state index in [1.165, 1.54) is 16.7 Å². The number of benzene rings is 1. The van der Waals surface area contributed by atoms with Crippen molar-refractivity contribution in [3.05, 3.63) is 75.9 Å². The van der Waals surface area contributed by atoms with Gasteiger partial charge in [0.15, 0.2) is 0 Å². The summed E-state index contributed by atoms with van der Waals surface area (Å²) in [5.74, 6) is 0.876. The second-order valence-corrected chi connectivity index (χ2v) is 7.02. The Morgan fingerprint density at radius 2 is 2.08 bits per heavy atom. The number of fused-ring (bicyclic) bond motifs is 2. The zero-order chi connectivity index (χ0) is 16.3. The number of amides is 1. The summed E-state index contributed by atoms with van der Waals surface area (Å²) in [4.78, 5) is 12.9. The van der Waals surface area contributed by atoms with E-state index in [9.17, 15) is 4.79 Å². The van der Waals surface area contributed by atoms with Crippen molar-refractivity contribution in [3.8, 4) is 5.75 Å². The van der Waals surface area contributed by atoms with Gasteiger partial charge >= 0.3 is 0 Å². The van der Waals surface area contributed by atoms with Crippen LogP contribution in [0.1, 0.15) is 31.2 Å². The van der Waals surface area contributed by atoms with Crippen LogP contribution in [0.25, 0.3) is 0 Å². The zero-order valence-corrected chi connectivity index (χ0v) is 13.7. The molecule has 1 amide bonds. The molecule has 1 aromatic carbocycles. The van der Waals surface area contributed by atoms with E-state index in [0.29, 0.717) is 0 Å². The van der Waals surface area contributed by atoms with Crippen LogP contribution in [-0.2, 0) is 10.3 Å². The molecule has 2 saturated carbocycles. The Labute approximate surface area is 141 Å². The lowest BCUT2D eigenvalue weighted by Crippen LogP contribution is -2.51. The Bertz CT molecular complexity index is 894. The summed E-state index contributed by atoms with van der Waals surface area (Å²) in [5.41, 5.74) is 6.91. The number of carbonyl (C=O) groups is 1. The zero-order valence-electron chi connectivity index (χ0n) is 13.7. The van der Waals surface area contributed by atoms with Crippen LogP contribution in [0, 0.1) is 0 Å². The molecule has 24 heavy (non-hydrogen) atoms. The van der Waals surface area contributed by atoms with Crippen LogP contribution in [0.15, 0.2) is 70.4 Å². The van der Waals surface area contributed by atoms with E-state index in [0.717, 1.165) is 48.1 Å². The number of hydrogen-bond donors (Lipinski definition) is 1. The van der Waals surface area contributed by atoms with Crippen molar-refractivity contribution in [1.29, 1.82) is 0 Å². The molecule has 4 aliphatic carbocycles. The fourth-order valence-corrected chi connectivity index (χ4v) is 4.06. The highest BCUT2D eigenvalue weighted by Gasteiger charge is 2.42. The van der Waals surface area contributed by atoms with Crippen LogP contribution < -0.4 is 10.1 Å². The predicted molar refractivity (Wildman–Crippen MR) is 92.6 cm³/mol. The number of hydrogen-bond acceptors (Lipinski definition) is 2. The summed E-state index contributed by atoms with van der Waals surface area (Å²) >= 11 is 0. The minimum Gasteiger partial charge on any atom is -0.497 e. The van der Waals surface area contributed by atoms with Gasteiger partial charge in [-0.25, -0.2) is 0 Å². The van der Waals surface area contributed by atoms with Crippen LogP contribution in [0.2, 0.25) is 0 Å². The summed E-state index contributed by atoms with van der Waals surface area (Å²) in [6.07, 6.45) is 10.4. The summed E-state index contributed by atoms with van der Waals surface area (Å²) in [7, 11) is 1.68. The van der Waals surface area contributed by atoms with Crippen LogP contribution in [0.5, 0.6) is 5.75 Å². The van der Waals surface area contributed by atoms with Gasteiger partial charge in [0.2, 0.25) is 0 Å². The molecule has 3 nitrogen and oxygen atoms in total. The monoisotopic (exact) mass is 317 g/mol. The third-order valence-electron chi connectivity index (χ3n) is 5.70. The Morgan fingerprint density at radius 3 is 2.83 bits per heavy atom. The second kappa shape index (κ2) is 4.73. The summed E-state index contributed by atoms with van der Waals surface area (Å²) in [6.45, 7) is 0. The lowest BCUT2D eigenvalue weighted by atomic mass is 9.71. The summed E-state index contributed by atoms with van der Waals surface area (Å²) < 4.78 is 5.35. The highest BCUT2D eigenvalue weighted by atomic mass is 16.5. The lowest BCUT2D eigenvalue weighted by molar-refractivity contribution is -0.120. The molecule has 120 valence electrons. The lowest BCUT2D eigenvalue weighted by Gasteiger charge is -2.43. The molecular weight excluding hydrogens is 298 g/mol. The molecule has 0 saturated heterocycles. The van der Waals surface area contributed by atoms with Crippen molar-refractivity contribution in [2.45, 2.75) is 31.2 Å². The number of carbonyl (C=O) groups excluding carboxylic acids is 1. The first-order valence-electron chi connectivity index (χ1n) is 8.54. The average Bonchev–Trinajstić information content (AvgIpc) is 3.04. The Balaban J connectivity index is 1.45. The normalized spacial score (nSPS) is 22.0. The molecule has 0 unspecified atom stereocenters. The van der Waals surface area contributed by atoms with E-state index in [4.69, 9.17) is 4.74 Å². The van der Waals surface area contributed by atoms with Gasteiger partial charge in [0.1, 0.15) is 5.75 Å². The van der Waals surface area contributed by atoms with Crippen molar-refractivity contribution in [3.63, 3.8) is 0 Å². The first-order valence-corrected chi connectivity index (χ1v) is 8.54. The van der Waals surface area contributed by atoms with Crippen LogP contribution in [0.3, 0.4) is 0 Å². The predicted octanol–water partition coefficient (Wildman–Crippen LogP) is 3.70. The molecule has 5 rings (SSSR count). The summed E-state index contributed by atoms with van der Waals surface area (Å²) in [6, 6.07) is 8.07. The van der Waals surface area contributed by atoms with E-state index in [2.05, 4.69) is 23.5 Å². The van der Waals surface area contributed by atoms with Crippen molar-refractivity contribution < 1.29 is 9.53 Å². The fraction of sp³-hybridized carbons (Fsp3) is 0.286. The van der Waals surface area contributed by atoms with E-state index >= 15 is 0 Å². The first kappa shape index (κ1) is 13.8. The van der Waals surface area contributed by atoms with Crippen molar-refractivity contribution in [2.24, 2.45) is 0 Å². The molecule has 0 atom stereocenters. The third-order valence-corrected chi connectivity index (χ3v) is 5.70. The molecule has 1 N–H and O–H groups in total. The third kappa shape index (κ3) is 1.87. The minimum absolute atomic E-state index is 0.0394. The van der Waals surface area contributed by atoms with Gasteiger partial charge in [0, 0.05) is 5.57 Å². The van der Waals surface area contributed by atoms with Gasteiger partial charge in [-0.1, -0.05) is 18.2 Å². The topological polar surface area (TPSA) is 38.3 Å². The van der Waals surface area contributed by atoms with Gasteiger partial charge in [-0.2, -0.15) is 0 Å². The molecule has 0 radical (unpaired) electrons. The molecule has 3 heteroatoms. The Morgan fingerprint density at radius 1 is 1.21 bits per heavy atom. The van der Waals surface area contributed by atoms with Gasteiger partial charge in [-0.3, -0.25) is 4.79 Å². The Hall–Kier alpha value is -2.55. The average molecular weight is 317 g/mol. The summed E-state index contributed by atoms with van der Waals surface area (Å²) in [5, 5.41) is 3.33. The van der Waals surface area contributed by atoms with Gasteiger partial charge in [0.25, 0.3) is 5.91 Å². The van der Waals surface area contributed by atoms with E-state index in [-0.39, 0.29) is 11.4 Å². The smallest absolute Gasteiger partial charge is 0.252 e. The van der Waals surface area contributed by atoms with Gasteiger partial charge in [0.05, 0.1) is 12.6 Å². The van der Waals surface area contributed by atoms with E-state index in [1.54, 1.807) is 7.11 Å². The first-order chi connectivity index (χ1) is 11.7. The van der Waals surface area contributed by atoms with Crippen LogP contribution >= 0.6 is 0 Å². The molecule has 4 aliphatic rings. The van der Waals surface area contributed by atoms with Gasteiger partial charge in [-0.05, 0) is 77.8 Å². The number of nitrogens with one attached hydrogen (secondary N) is 1. The molecule has 0 spiro atoms. The fourth-order valence-electron chi connectivity index (χ4n) is 4.06. The highest BCUT2D eigenvalue weighted by molar-refractivity contribution is 6.02. The van der Waals surface area contributed by atoms with Crippen molar-refractivity contribution in [1.82, 2.24) is 5.32 Å². The maximum absolute atomic E-state index is 12.9. The maximum atomic E-state index is 12.9. The van der Waals surface area contributed by atoms with E-state index in [1.807, 2.05) is 24.3 Å². The molecule has 2 fully saturated rings. The highest BCUT2D eigenvalue weighted by Crippen LogP contribution is 2.51. The standard InChI is InChI=1S/C21H19NO2/c1-24-15-5-2-4-14(12-15)21(8-3-9-21)22-20(23)17-7-6-16-18-10-13(18)11-19(16)17/h2,4-7,11-12H,3,8-10H2,1H3,(H,22,23). The molecule has 0 bridgehead atoms. The van der Waals surface area contributed by atoms with E-state index < -0.39 is 0 Å². The largest absolute Gasteiger partial charge is 0.497 e. The van der Waals surface area contributed by atoms with Gasteiger partial charge < -0.3 is 10.1 Å². The van der Waals surface area contributed by atoms with Gasteiger partial charge in [-0.15, -0.1) is 0 Å². The molecule has 0 aliphatic heterocycles. The van der Waals surface area contributed by atoms with Crippen molar-refractivity contribution in [2.75, 3.05) is 7.11 Å². The minimum atomic E-state index is -0.252. The molecule has 0 aromatic heterocycles. The maximum Gasteiger partial charge on any atom is 0.252 e. The van der Waals surface area contributed by atoms with Crippen LogP contribution in [-0.4, -0.2) is 13.0 Å². The quantitative estimate of drug-likeness (QED) is 0.919. The molecule has 0 heterocycles. The van der Waals surface area contributed by atoms with Crippen molar-refractivity contribution >= 4 is 5.91 Å². The number of methoxy groups -OCH3 is 1. The Kier molecular flexibility index (Phi) is 2.73. The second-order valence-electron chi connectivity index (χ2n) is 7.02. The number of ether oxygens (including phenoxy) is 1. The molecule has 1 aromatic rings. The number of allylic oxidation sites excluding steroid dienone is 6.